The Morgan fingerprint density at radius 2 is 1.14 bits per heavy atom. The smallest absolute Gasteiger partial charge is 0.472 e. The minimum absolute atomic E-state index is 0.00820. The van der Waals surface area contributed by atoms with Gasteiger partial charge in [0.25, 0.3) is 0 Å². The molecule has 288 valence electrons. The van der Waals surface area contributed by atoms with Crippen molar-refractivity contribution in [3.05, 3.63) is 73.1 Å². The number of hydrogen-bond acceptors (Lipinski definition) is 7. The molecule has 0 aromatic rings. The van der Waals surface area contributed by atoms with Gasteiger partial charge in [0.05, 0.1) is 19.5 Å². The Labute approximate surface area is 305 Å². The Bertz CT molecular complexity index is 989. The Kier molecular flexibility index (Phi) is 36.3. The fourth-order valence-corrected chi connectivity index (χ4v) is 5.59. The highest BCUT2D eigenvalue weighted by molar-refractivity contribution is 7.47. The zero-order valence-corrected chi connectivity index (χ0v) is 32.5. The summed E-state index contributed by atoms with van der Waals surface area (Å²) in [6.45, 7) is 4.03. The van der Waals surface area contributed by atoms with E-state index in [0.29, 0.717) is 6.42 Å². The van der Waals surface area contributed by atoms with Crippen LogP contribution in [0.3, 0.4) is 0 Å². The standard InChI is InChI=1S/C41H72NO7P/c1-3-5-7-9-11-13-15-17-19-21-23-25-27-29-31-33-36-46-38-40(39-48-50(44,45)47-37-35-42)49-41(43)34-32-30-28-26-24-22-20-18-16-14-12-10-8-6-4-2/h6,8,12-15,18,20,24,26,33,36,40H,3-5,7,9-11,16-17,19,21-23,25,27-32,34-35,37-39,42H2,1-2H3,(H,44,45)/b8-6-,14-12-,15-13-,20-18-,26-24-,36-33-/t40-/m1/s1. The molecule has 0 saturated carbocycles. The van der Waals surface area contributed by atoms with E-state index in [4.69, 9.17) is 24.3 Å². The molecule has 0 aliphatic rings. The molecule has 0 aromatic heterocycles. The minimum Gasteiger partial charge on any atom is -0.498 e. The van der Waals surface area contributed by atoms with Gasteiger partial charge in [-0.05, 0) is 89.5 Å². The molecule has 0 saturated heterocycles. The average Bonchev–Trinajstić information content (AvgIpc) is 3.10. The number of phosphoric acid groups is 1. The van der Waals surface area contributed by atoms with Crippen molar-refractivity contribution in [1.29, 1.82) is 0 Å². The number of esters is 1. The Morgan fingerprint density at radius 1 is 0.640 bits per heavy atom. The third-order valence-electron chi connectivity index (χ3n) is 7.67. The van der Waals surface area contributed by atoms with Crippen molar-refractivity contribution in [2.24, 2.45) is 5.73 Å². The number of hydrogen-bond donors (Lipinski definition) is 2. The number of phosphoric ester groups is 1. The van der Waals surface area contributed by atoms with Crippen LogP contribution < -0.4 is 5.73 Å². The molecule has 0 aliphatic heterocycles. The van der Waals surface area contributed by atoms with Crippen LogP contribution in [-0.4, -0.2) is 43.3 Å². The number of nitrogens with two attached hydrogens (primary N) is 1. The first kappa shape index (κ1) is 47.8. The van der Waals surface area contributed by atoms with E-state index in [1.807, 2.05) is 6.08 Å². The van der Waals surface area contributed by atoms with Crippen molar-refractivity contribution in [2.45, 2.75) is 155 Å². The Hall–Kier alpha value is -2.22. The highest BCUT2D eigenvalue weighted by atomic mass is 31.2. The third kappa shape index (κ3) is 37.0. The second-order valence-electron chi connectivity index (χ2n) is 12.5. The van der Waals surface area contributed by atoms with Crippen molar-refractivity contribution >= 4 is 13.8 Å². The van der Waals surface area contributed by atoms with Gasteiger partial charge in [0, 0.05) is 13.0 Å². The monoisotopic (exact) mass is 722 g/mol. The lowest BCUT2D eigenvalue weighted by atomic mass is 10.1. The van der Waals surface area contributed by atoms with Gasteiger partial charge in [0.1, 0.15) is 6.61 Å². The van der Waals surface area contributed by atoms with Gasteiger partial charge in [-0.25, -0.2) is 4.57 Å². The summed E-state index contributed by atoms with van der Waals surface area (Å²) < 4.78 is 33.0. The zero-order valence-electron chi connectivity index (χ0n) is 31.6. The third-order valence-corrected chi connectivity index (χ3v) is 8.66. The minimum atomic E-state index is -4.30. The van der Waals surface area contributed by atoms with Gasteiger partial charge < -0.3 is 20.1 Å². The van der Waals surface area contributed by atoms with Crippen LogP contribution in [0, 0.1) is 0 Å². The highest BCUT2D eigenvalue weighted by Gasteiger charge is 2.25. The molecule has 9 heteroatoms. The number of carbonyl (C=O) groups is 1. The number of ether oxygens (including phenoxy) is 2. The SMILES string of the molecule is CC/C=C\C/C=C\C/C=C\C/C=C\CCCCC(=O)O[C@H](CO/C=C\CCCCCCCC/C=C\CCCCCC)COP(=O)(O)OCCN. The van der Waals surface area contributed by atoms with Crippen molar-refractivity contribution in [3.63, 3.8) is 0 Å². The van der Waals surface area contributed by atoms with Crippen molar-refractivity contribution in [3.8, 4) is 0 Å². The molecule has 1 unspecified atom stereocenters. The van der Waals surface area contributed by atoms with Crippen LogP contribution in [0.5, 0.6) is 0 Å². The molecule has 0 aromatic carbocycles. The van der Waals surface area contributed by atoms with E-state index in [0.717, 1.165) is 51.4 Å². The summed E-state index contributed by atoms with van der Waals surface area (Å²) in [5.41, 5.74) is 5.35. The Balaban J connectivity index is 4.24. The second-order valence-corrected chi connectivity index (χ2v) is 13.9. The van der Waals surface area contributed by atoms with Gasteiger partial charge in [-0.3, -0.25) is 13.8 Å². The van der Waals surface area contributed by atoms with Gasteiger partial charge in [0.2, 0.25) is 0 Å². The van der Waals surface area contributed by atoms with Crippen molar-refractivity contribution in [1.82, 2.24) is 0 Å². The van der Waals surface area contributed by atoms with Crippen molar-refractivity contribution in [2.75, 3.05) is 26.4 Å². The molecule has 0 heterocycles. The lowest BCUT2D eigenvalue weighted by Gasteiger charge is -2.19. The van der Waals surface area contributed by atoms with E-state index in [1.54, 1.807) is 6.26 Å². The lowest BCUT2D eigenvalue weighted by molar-refractivity contribution is -0.153. The van der Waals surface area contributed by atoms with Gasteiger partial charge in [0.15, 0.2) is 6.10 Å². The van der Waals surface area contributed by atoms with Crippen LogP contribution in [0.25, 0.3) is 0 Å². The number of carbonyl (C=O) groups excluding carboxylic acids is 1. The van der Waals surface area contributed by atoms with E-state index in [2.05, 4.69) is 74.6 Å². The summed E-state index contributed by atoms with van der Waals surface area (Å²) in [5, 5.41) is 0. The molecule has 0 radical (unpaired) electrons. The average molecular weight is 722 g/mol. The van der Waals surface area contributed by atoms with Crippen LogP contribution in [0.2, 0.25) is 0 Å². The van der Waals surface area contributed by atoms with E-state index in [9.17, 15) is 14.3 Å². The zero-order chi connectivity index (χ0) is 36.6. The maximum absolute atomic E-state index is 12.5. The predicted molar refractivity (Wildman–Crippen MR) is 210 cm³/mol. The topological polar surface area (TPSA) is 117 Å². The van der Waals surface area contributed by atoms with Crippen molar-refractivity contribution < 1.29 is 32.8 Å². The predicted octanol–water partition coefficient (Wildman–Crippen LogP) is 11.5. The molecular formula is C41H72NO7P. The molecule has 0 spiro atoms. The van der Waals surface area contributed by atoms with Gasteiger partial charge >= 0.3 is 13.8 Å². The fraction of sp³-hybridized carbons (Fsp3) is 0.683. The molecule has 0 fully saturated rings. The Morgan fingerprint density at radius 3 is 1.72 bits per heavy atom. The van der Waals surface area contributed by atoms with Gasteiger partial charge in [-0.15, -0.1) is 0 Å². The fourth-order valence-electron chi connectivity index (χ4n) is 4.83. The molecule has 0 amide bonds. The molecule has 2 atom stereocenters. The largest absolute Gasteiger partial charge is 0.498 e. The lowest BCUT2D eigenvalue weighted by Crippen LogP contribution is -2.27. The number of rotatable bonds is 36. The first-order chi connectivity index (χ1) is 24.4. The molecule has 0 rings (SSSR count). The number of allylic oxidation sites excluding steroid dienone is 11. The summed E-state index contributed by atoms with van der Waals surface area (Å²) >= 11 is 0. The summed E-state index contributed by atoms with van der Waals surface area (Å²) in [6, 6.07) is 0. The first-order valence-corrected chi connectivity index (χ1v) is 21.0. The van der Waals surface area contributed by atoms with Gasteiger partial charge in [-0.2, -0.15) is 0 Å². The summed E-state index contributed by atoms with van der Waals surface area (Å²) in [7, 11) is -4.30. The van der Waals surface area contributed by atoms with Crippen LogP contribution in [0.4, 0.5) is 0 Å². The van der Waals surface area contributed by atoms with Crippen LogP contribution in [0.15, 0.2) is 73.1 Å². The summed E-state index contributed by atoms with van der Waals surface area (Å²) in [6.07, 6.45) is 47.3. The van der Waals surface area contributed by atoms with E-state index < -0.39 is 19.9 Å². The molecular weight excluding hydrogens is 649 g/mol. The quantitative estimate of drug-likeness (QED) is 0.0216. The summed E-state index contributed by atoms with van der Waals surface area (Å²) in [4.78, 5) is 22.4. The molecule has 3 N–H and O–H groups in total. The highest BCUT2D eigenvalue weighted by Crippen LogP contribution is 2.43. The second kappa shape index (κ2) is 38.0. The number of unbranched alkanes of at least 4 members (excludes halogenated alkanes) is 13. The maximum atomic E-state index is 12.5. The molecule has 0 aliphatic carbocycles. The van der Waals surface area contributed by atoms with Gasteiger partial charge in [-0.1, -0.05) is 120 Å². The van der Waals surface area contributed by atoms with E-state index >= 15 is 0 Å². The first-order valence-electron chi connectivity index (χ1n) is 19.5. The molecule has 0 bridgehead atoms. The maximum Gasteiger partial charge on any atom is 0.472 e. The molecule has 8 nitrogen and oxygen atoms in total. The van der Waals surface area contributed by atoms with Crippen LogP contribution >= 0.6 is 7.82 Å². The van der Waals surface area contributed by atoms with Crippen LogP contribution in [0.1, 0.15) is 149 Å². The van der Waals surface area contributed by atoms with Crippen LogP contribution in [-0.2, 0) is 27.9 Å². The molecule has 50 heavy (non-hydrogen) atoms. The summed E-state index contributed by atoms with van der Waals surface area (Å²) in [5.74, 6) is -0.398. The normalized spacial score (nSPS) is 14.3. The van der Waals surface area contributed by atoms with E-state index in [1.165, 1.54) is 70.6 Å². The van der Waals surface area contributed by atoms with E-state index in [-0.39, 0.29) is 32.8 Å².